The number of anilines is 1. The number of rotatable bonds is 6. The van der Waals surface area contributed by atoms with Gasteiger partial charge in [0.2, 0.25) is 11.8 Å². The van der Waals surface area contributed by atoms with E-state index in [0.29, 0.717) is 22.1 Å². The molecule has 0 saturated heterocycles. The summed E-state index contributed by atoms with van der Waals surface area (Å²) in [6.07, 6.45) is -3.75. The molecule has 2 amide bonds. The lowest BCUT2D eigenvalue weighted by Gasteiger charge is -2.12. The number of carbonyl (C=O) groups excluding carboxylic acids is 2. The quantitative estimate of drug-likeness (QED) is 0.780. The van der Waals surface area contributed by atoms with Crippen LogP contribution in [0.15, 0.2) is 41.3 Å². The minimum atomic E-state index is -4.82. The fraction of sp³-hybridized carbons (Fsp3) is 0.278. The Labute approximate surface area is 158 Å². The monoisotopic (exact) mass is 397 g/mol. The van der Waals surface area contributed by atoms with E-state index < -0.39 is 42.2 Å². The summed E-state index contributed by atoms with van der Waals surface area (Å²) in [5.74, 6) is -0.915. The zero-order valence-electron chi connectivity index (χ0n) is 15.1. The van der Waals surface area contributed by atoms with Crippen LogP contribution in [0.4, 0.5) is 18.9 Å². The number of hydrogen-bond acceptors (Lipinski definition) is 4. The highest BCUT2D eigenvalue weighted by molar-refractivity contribution is 5.95. The van der Waals surface area contributed by atoms with Crippen LogP contribution in [0.2, 0.25) is 0 Å². The van der Waals surface area contributed by atoms with Gasteiger partial charge in [0.1, 0.15) is 17.9 Å². The zero-order chi connectivity index (χ0) is 20.9. The molecule has 7 nitrogen and oxygen atoms in total. The normalized spacial score (nSPS) is 11.0. The molecular formula is C18H18F3N3O4. The molecule has 0 unspecified atom stereocenters. The Bertz CT molecular complexity index is 938. The molecule has 0 aliphatic rings. The minimum absolute atomic E-state index is 0.413. The van der Waals surface area contributed by atoms with Crippen molar-refractivity contribution in [3.63, 3.8) is 0 Å². The number of benzene rings is 1. The van der Waals surface area contributed by atoms with E-state index in [-0.39, 0.29) is 0 Å². The van der Waals surface area contributed by atoms with Crippen LogP contribution in [-0.4, -0.2) is 30.0 Å². The molecule has 1 aromatic heterocycles. The number of ether oxygens (including phenoxy) is 1. The van der Waals surface area contributed by atoms with Crippen LogP contribution in [0.25, 0.3) is 0 Å². The molecule has 0 bridgehead atoms. The number of hydrogen-bond donors (Lipinski definition) is 2. The van der Waals surface area contributed by atoms with E-state index in [1.807, 2.05) is 6.92 Å². The highest BCUT2D eigenvalue weighted by Gasteiger charge is 2.34. The second-order valence-corrected chi connectivity index (χ2v) is 5.88. The molecule has 10 heteroatoms. The summed E-state index contributed by atoms with van der Waals surface area (Å²) < 4.78 is 44.0. The molecule has 0 saturated carbocycles. The van der Waals surface area contributed by atoms with Crippen LogP contribution >= 0.6 is 0 Å². The Balaban J connectivity index is 1.97. The molecule has 2 aromatic rings. The van der Waals surface area contributed by atoms with Crippen molar-refractivity contribution in [2.24, 2.45) is 0 Å². The van der Waals surface area contributed by atoms with Crippen molar-refractivity contribution >= 4 is 17.5 Å². The van der Waals surface area contributed by atoms with Gasteiger partial charge < -0.3 is 19.9 Å². The number of aryl methyl sites for hydroxylation is 1. The Hall–Kier alpha value is -3.30. The molecule has 28 heavy (non-hydrogen) atoms. The molecule has 2 rings (SSSR count). The number of alkyl halides is 3. The van der Waals surface area contributed by atoms with Crippen molar-refractivity contribution < 1.29 is 27.5 Å². The summed E-state index contributed by atoms with van der Waals surface area (Å²) in [4.78, 5) is 35.7. The molecule has 0 aliphatic heterocycles. The maximum Gasteiger partial charge on any atom is 0.421 e. The summed E-state index contributed by atoms with van der Waals surface area (Å²) >= 11 is 0. The van der Waals surface area contributed by atoms with Crippen LogP contribution in [0.1, 0.15) is 11.1 Å². The largest absolute Gasteiger partial charge is 0.495 e. The lowest BCUT2D eigenvalue weighted by Crippen LogP contribution is -2.38. The van der Waals surface area contributed by atoms with Crippen LogP contribution in [0.3, 0.4) is 0 Å². The third-order valence-electron chi connectivity index (χ3n) is 3.71. The standard InChI is InChI=1S/C18H18F3N3O4/c1-11-5-6-14(28-2)13(8-11)23-15(25)9-22-16(26)10-24-7-3-4-12(17(24)27)18(19,20)21/h3-8H,9-10H2,1-2H3,(H,22,26)(H,23,25). The average Bonchev–Trinajstić information content (AvgIpc) is 2.61. The Morgan fingerprint density at radius 2 is 1.89 bits per heavy atom. The lowest BCUT2D eigenvalue weighted by atomic mass is 10.2. The second-order valence-electron chi connectivity index (χ2n) is 5.88. The number of nitrogens with zero attached hydrogens (tertiary/aromatic N) is 1. The fourth-order valence-electron chi connectivity index (χ4n) is 2.38. The maximum atomic E-state index is 12.7. The van der Waals surface area contributed by atoms with Gasteiger partial charge in [0.25, 0.3) is 5.56 Å². The number of nitrogens with one attached hydrogen (secondary N) is 2. The van der Waals surface area contributed by atoms with E-state index in [1.54, 1.807) is 18.2 Å². The van der Waals surface area contributed by atoms with Crippen LogP contribution in [0.5, 0.6) is 5.75 Å². The van der Waals surface area contributed by atoms with Crippen molar-refractivity contribution in [2.45, 2.75) is 19.6 Å². The smallest absolute Gasteiger partial charge is 0.421 e. The molecule has 2 N–H and O–H groups in total. The lowest BCUT2D eigenvalue weighted by molar-refractivity contribution is -0.139. The Morgan fingerprint density at radius 1 is 1.18 bits per heavy atom. The Kier molecular flexibility index (Phi) is 6.45. The molecule has 0 spiro atoms. The van der Waals surface area contributed by atoms with E-state index >= 15 is 0 Å². The minimum Gasteiger partial charge on any atom is -0.495 e. The number of carbonyl (C=O) groups is 2. The third-order valence-corrected chi connectivity index (χ3v) is 3.71. The number of pyridine rings is 1. The van der Waals surface area contributed by atoms with E-state index in [9.17, 15) is 27.6 Å². The summed E-state index contributed by atoms with van der Waals surface area (Å²) in [5, 5.41) is 4.82. The number of halogens is 3. The number of methoxy groups -OCH3 is 1. The van der Waals surface area contributed by atoms with Gasteiger partial charge in [-0.05, 0) is 36.8 Å². The first-order chi connectivity index (χ1) is 13.1. The van der Waals surface area contributed by atoms with E-state index in [0.717, 1.165) is 17.8 Å². The van der Waals surface area contributed by atoms with Crippen molar-refractivity contribution in [2.75, 3.05) is 19.0 Å². The van der Waals surface area contributed by atoms with Gasteiger partial charge in [0.15, 0.2) is 0 Å². The van der Waals surface area contributed by atoms with Gasteiger partial charge in [-0.2, -0.15) is 13.2 Å². The summed E-state index contributed by atoms with van der Waals surface area (Å²) in [5.41, 5.74) is -1.41. The number of amides is 2. The highest BCUT2D eigenvalue weighted by atomic mass is 19.4. The van der Waals surface area contributed by atoms with Crippen LogP contribution in [-0.2, 0) is 22.3 Å². The second kappa shape index (κ2) is 8.59. The van der Waals surface area contributed by atoms with Crippen molar-refractivity contribution in [3.05, 3.63) is 58.0 Å². The molecule has 0 aliphatic carbocycles. The van der Waals surface area contributed by atoms with Gasteiger partial charge in [0.05, 0.1) is 19.3 Å². The van der Waals surface area contributed by atoms with Gasteiger partial charge in [0, 0.05) is 6.20 Å². The summed E-state index contributed by atoms with van der Waals surface area (Å²) in [6, 6.07) is 6.81. The van der Waals surface area contributed by atoms with Gasteiger partial charge in [-0.15, -0.1) is 0 Å². The first kappa shape index (κ1) is 21.0. The summed E-state index contributed by atoms with van der Waals surface area (Å²) in [7, 11) is 1.44. The van der Waals surface area contributed by atoms with Crippen molar-refractivity contribution in [1.29, 1.82) is 0 Å². The van der Waals surface area contributed by atoms with Gasteiger partial charge >= 0.3 is 6.18 Å². The van der Waals surface area contributed by atoms with E-state index in [2.05, 4.69) is 10.6 Å². The average molecular weight is 397 g/mol. The van der Waals surface area contributed by atoms with Crippen LogP contribution in [0, 0.1) is 6.92 Å². The maximum absolute atomic E-state index is 12.7. The molecular weight excluding hydrogens is 379 g/mol. The highest BCUT2D eigenvalue weighted by Crippen LogP contribution is 2.26. The van der Waals surface area contributed by atoms with Crippen molar-refractivity contribution in [1.82, 2.24) is 9.88 Å². The first-order valence-electron chi connectivity index (χ1n) is 8.09. The van der Waals surface area contributed by atoms with Crippen LogP contribution < -0.4 is 20.9 Å². The SMILES string of the molecule is COc1ccc(C)cc1NC(=O)CNC(=O)Cn1cccc(C(F)(F)F)c1=O. The molecule has 0 atom stereocenters. The predicted octanol–water partition coefficient (Wildman–Crippen LogP) is 1.94. The topological polar surface area (TPSA) is 89.4 Å². The zero-order valence-corrected chi connectivity index (χ0v) is 15.1. The molecule has 1 heterocycles. The van der Waals surface area contributed by atoms with Crippen molar-refractivity contribution in [3.8, 4) is 5.75 Å². The van der Waals surface area contributed by atoms with Gasteiger partial charge in [-0.3, -0.25) is 14.4 Å². The molecule has 1 aromatic carbocycles. The van der Waals surface area contributed by atoms with Gasteiger partial charge in [-0.25, -0.2) is 0 Å². The fourth-order valence-corrected chi connectivity index (χ4v) is 2.38. The first-order valence-corrected chi connectivity index (χ1v) is 8.09. The predicted molar refractivity (Wildman–Crippen MR) is 95.1 cm³/mol. The number of aromatic nitrogens is 1. The molecule has 0 radical (unpaired) electrons. The third kappa shape index (κ3) is 5.35. The Morgan fingerprint density at radius 3 is 2.54 bits per heavy atom. The van der Waals surface area contributed by atoms with E-state index in [4.69, 9.17) is 4.74 Å². The van der Waals surface area contributed by atoms with E-state index in [1.165, 1.54) is 7.11 Å². The molecule has 0 fully saturated rings. The van der Waals surface area contributed by atoms with Gasteiger partial charge in [-0.1, -0.05) is 6.07 Å². The summed E-state index contributed by atoms with van der Waals surface area (Å²) in [6.45, 7) is 0.747. The molecule has 150 valence electrons.